The first-order valence-corrected chi connectivity index (χ1v) is 9.92. The van der Waals surface area contributed by atoms with Gasteiger partial charge in [-0.25, -0.2) is 4.68 Å². The van der Waals surface area contributed by atoms with Crippen molar-refractivity contribution in [2.75, 3.05) is 13.7 Å². The number of ether oxygens (including phenoxy) is 1. The van der Waals surface area contributed by atoms with Gasteiger partial charge in [-0.05, 0) is 44.0 Å². The van der Waals surface area contributed by atoms with E-state index in [1.54, 1.807) is 18.0 Å². The van der Waals surface area contributed by atoms with Gasteiger partial charge < -0.3 is 15.4 Å². The fourth-order valence-electron chi connectivity index (χ4n) is 3.12. The largest absolute Gasteiger partial charge is 0.497 e. The van der Waals surface area contributed by atoms with Crippen LogP contribution in [0.25, 0.3) is 16.9 Å². The number of carbonyl (C=O) groups excluding carboxylic acids is 2. The molecular weight excluding hydrogens is 380 g/mol. The van der Waals surface area contributed by atoms with Crippen LogP contribution in [0.1, 0.15) is 28.8 Å². The quantitative estimate of drug-likeness (QED) is 0.634. The first-order valence-electron chi connectivity index (χ1n) is 9.92. The molecule has 1 aliphatic carbocycles. The minimum absolute atomic E-state index is 0.0669. The van der Waals surface area contributed by atoms with E-state index in [9.17, 15) is 9.59 Å². The third-order valence-corrected chi connectivity index (χ3v) is 4.95. The first kappa shape index (κ1) is 19.7. The highest BCUT2D eigenvalue weighted by Gasteiger charge is 2.24. The van der Waals surface area contributed by atoms with Crippen molar-refractivity contribution in [2.45, 2.75) is 25.8 Å². The summed E-state index contributed by atoms with van der Waals surface area (Å²) in [5.41, 5.74) is 3.65. The van der Waals surface area contributed by atoms with Gasteiger partial charge in [0.25, 0.3) is 5.91 Å². The molecule has 1 aromatic heterocycles. The molecule has 2 aromatic carbocycles. The third kappa shape index (κ3) is 4.51. The van der Waals surface area contributed by atoms with E-state index in [1.807, 2.05) is 55.5 Å². The summed E-state index contributed by atoms with van der Waals surface area (Å²) in [4.78, 5) is 24.9. The fourth-order valence-corrected chi connectivity index (χ4v) is 3.12. The Morgan fingerprint density at radius 3 is 2.63 bits per heavy atom. The van der Waals surface area contributed by atoms with Crippen LogP contribution in [0, 0.1) is 6.92 Å². The lowest BCUT2D eigenvalue weighted by molar-refractivity contribution is -0.120. The molecule has 1 aliphatic rings. The van der Waals surface area contributed by atoms with Crippen LogP contribution in [0.2, 0.25) is 0 Å². The molecule has 7 nitrogen and oxygen atoms in total. The predicted octanol–water partition coefficient (Wildman–Crippen LogP) is 2.86. The van der Waals surface area contributed by atoms with Gasteiger partial charge >= 0.3 is 0 Å². The van der Waals surface area contributed by atoms with Crippen LogP contribution in [0.15, 0.2) is 54.7 Å². The normalized spacial score (nSPS) is 13.0. The van der Waals surface area contributed by atoms with Gasteiger partial charge in [-0.15, -0.1) is 0 Å². The molecule has 2 amide bonds. The van der Waals surface area contributed by atoms with Crippen molar-refractivity contribution in [2.24, 2.45) is 0 Å². The first-order chi connectivity index (χ1) is 14.5. The number of hydrogen-bond donors (Lipinski definition) is 2. The maximum absolute atomic E-state index is 12.9. The number of nitrogens with zero attached hydrogens (tertiary/aromatic N) is 2. The Labute approximate surface area is 175 Å². The zero-order valence-electron chi connectivity index (χ0n) is 17.0. The topological polar surface area (TPSA) is 85.2 Å². The van der Waals surface area contributed by atoms with Gasteiger partial charge in [0.15, 0.2) is 0 Å². The van der Waals surface area contributed by atoms with Gasteiger partial charge in [0.2, 0.25) is 5.91 Å². The van der Waals surface area contributed by atoms with Gasteiger partial charge in [-0.2, -0.15) is 5.10 Å². The van der Waals surface area contributed by atoms with Crippen molar-refractivity contribution in [3.05, 3.63) is 65.9 Å². The van der Waals surface area contributed by atoms with E-state index in [1.165, 1.54) is 0 Å². The Hall–Kier alpha value is -3.61. The van der Waals surface area contributed by atoms with Crippen LogP contribution in [0.5, 0.6) is 5.75 Å². The van der Waals surface area contributed by atoms with Crippen molar-refractivity contribution in [1.82, 2.24) is 20.4 Å². The molecule has 0 atom stereocenters. The van der Waals surface area contributed by atoms with Gasteiger partial charge in [0, 0.05) is 17.8 Å². The van der Waals surface area contributed by atoms with E-state index in [-0.39, 0.29) is 24.4 Å². The summed E-state index contributed by atoms with van der Waals surface area (Å²) >= 11 is 0. The van der Waals surface area contributed by atoms with Crippen molar-refractivity contribution in [3.8, 4) is 22.7 Å². The Morgan fingerprint density at radius 2 is 1.93 bits per heavy atom. The maximum Gasteiger partial charge on any atom is 0.255 e. The highest BCUT2D eigenvalue weighted by molar-refractivity contribution is 6.01. The Balaban J connectivity index is 1.64. The third-order valence-electron chi connectivity index (χ3n) is 4.95. The second-order valence-electron chi connectivity index (χ2n) is 7.43. The molecule has 4 rings (SSSR count). The molecule has 1 fully saturated rings. The highest BCUT2D eigenvalue weighted by Crippen LogP contribution is 2.27. The number of hydrogen-bond acceptors (Lipinski definition) is 4. The van der Waals surface area contributed by atoms with Crippen LogP contribution in [-0.4, -0.2) is 41.3 Å². The molecule has 0 saturated heterocycles. The average Bonchev–Trinajstić information content (AvgIpc) is 3.46. The number of aryl methyl sites for hydroxylation is 1. The summed E-state index contributed by atoms with van der Waals surface area (Å²) in [5.74, 6) is 0.143. The molecule has 3 aromatic rings. The Morgan fingerprint density at radius 1 is 1.17 bits per heavy atom. The van der Waals surface area contributed by atoms with Crippen LogP contribution >= 0.6 is 0 Å². The minimum atomic E-state index is -0.350. The smallest absolute Gasteiger partial charge is 0.255 e. The summed E-state index contributed by atoms with van der Waals surface area (Å²) in [6, 6.07) is 15.5. The van der Waals surface area contributed by atoms with Gasteiger partial charge in [0.1, 0.15) is 11.4 Å². The molecule has 0 bridgehead atoms. The number of aromatic nitrogens is 2. The molecule has 7 heteroatoms. The number of amides is 2. The molecule has 154 valence electrons. The summed E-state index contributed by atoms with van der Waals surface area (Å²) < 4.78 is 6.99. The van der Waals surface area contributed by atoms with Gasteiger partial charge in [0.05, 0.1) is 24.9 Å². The molecule has 0 unspecified atom stereocenters. The molecule has 1 heterocycles. The molecule has 1 saturated carbocycles. The average molecular weight is 404 g/mol. The minimum Gasteiger partial charge on any atom is -0.497 e. The van der Waals surface area contributed by atoms with Crippen LogP contribution in [0.4, 0.5) is 0 Å². The van der Waals surface area contributed by atoms with E-state index < -0.39 is 0 Å². The van der Waals surface area contributed by atoms with Crippen LogP contribution < -0.4 is 15.4 Å². The Kier molecular flexibility index (Phi) is 5.52. The Bertz CT molecular complexity index is 1070. The number of benzene rings is 2. The zero-order chi connectivity index (χ0) is 21.1. The summed E-state index contributed by atoms with van der Waals surface area (Å²) in [6.45, 7) is 1.95. The molecule has 0 spiro atoms. The number of rotatable bonds is 7. The van der Waals surface area contributed by atoms with Crippen LogP contribution in [0.3, 0.4) is 0 Å². The van der Waals surface area contributed by atoms with Crippen molar-refractivity contribution in [3.63, 3.8) is 0 Å². The fraction of sp³-hybridized carbons (Fsp3) is 0.261. The lowest BCUT2D eigenvalue weighted by Gasteiger charge is -2.07. The maximum atomic E-state index is 12.9. The summed E-state index contributed by atoms with van der Waals surface area (Å²) in [5, 5.41) is 10.2. The molecule has 2 N–H and O–H groups in total. The number of nitrogens with one attached hydrogen (secondary N) is 2. The predicted molar refractivity (Wildman–Crippen MR) is 114 cm³/mol. The van der Waals surface area contributed by atoms with Crippen molar-refractivity contribution < 1.29 is 14.3 Å². The van der Waals surface area contributed by atoms with Crippen molar-refractivity contribution >= 4 is 11.8 Å². The van der Waals surface area contributed by atoms with Gasteiger partial charge in [-0.1, -0.05) is 29.8 Å². The second-order valence-corrected chi connectivity index (χ2v) is 7.43. The molecule has 30 heavy (non-hydrogen) atoms. The van der Waals surface area contributed by atoms with E-state index in [0.29, 0.717) is 17.0 Å². The van der Waals surface area contributed by atoms with E-state index in [2.05, 4.69) is 15.7 Å². The SMILES string of the molecule is COc1cccc(-c2nn(-c3ccc(C)cc3)cc2C(=O)NCC(=O)NC2CC2)c1. The lowest BCUT2D eigenvalue weighted by atomic mass is 10.1. The summed E-state index contributed by atoms with van der Waals surface area (Å²) in [6.07, 6.45) is 3.69. The molecular formula is C23H24N4O3. The highest BCUT2D eigenvalue weighted by atomic mass is 16.5. The van der Waals surface area contributed by atoms with E-state index >= 15 is 0 Å². The van der Waals surface area contributed by atoms with Crippen LogP contribution in [-0.2, 0) is 4.79 Å². The number of methoxy groups -OCH3 is 1. The van der Waals surface area contributed by atoms with E-state index in [0.717, 1.165) is 29.7 Å². The number of carbonyl (C=O) groups is 2. The van der Waals surface area contributed by atoms with E-state index in [4.69, 9.17) is 4.74 Å². The molecule has 0 radical (unpaired) electrons. The lowest BCUT2D eigenvalue weighted by Crippen LogP contribution is -2.37. The monoisotopic (exact) mass is 404 g/mol. The van der Waals surface area contributed by atoms with Gasteiger partial charge in [-0.3, -0.25) is 9.59 Å². The summed E-state index contributed by atoms with van der Waals surface area (Å²) in [7, 11) is 1.59. The zero-order valence-corrected chi connectivity index (χ0v) is 17.0. The standard InChI is InChI=1S/C23H24N4O3/c1-15-6-10-18(11-7-15)27-14-20(23(29)24-13-21(28)25-17-8-9-17)22(26-27)16-4-3-5-19(12-16)30-2/h3-7,10-12,14,17H,8-9,13H2,1-2H3,(H,24,29)(H,25,28). The van der Waals surface area contributed by atoms with Crippen molar-refractivity contribution in [1.29, 1.82) is 0 Å². The molecule has 0 aliphatic heterocycles. The second kappa shape index (κ2) is 8.41.